The van der Waals surface area contributed by atoms with Crippen molar-refractivity contribution in [2.75, 3.05) is 6.54 Å². The Hall–Kier alpha value is -0.870. The van der Waals surface area contributed by atoms with Crippen molar-refractivity contribution in [2.24, 2.45) is 11.1 Å². The van der Waals surface area contributed by atoms with Gasteiger partial charge >= 0.3 is 0 Å². The summed E-state index contributed by atoms with van der Waals surface area (Å²) in [7, 11) is 0. The molecule has 1 aromatic carbocycles. The first-order valence-electron chi connectivity index (χ1n) is 6.13. The third-order valence-corrected chi connectivity index (χ3v) is 3.57. The molecule has 0 aromatic heterocycles. The van der Waals surface area contributed by atoms with E-state index in [1.165, 1.54) is 0 Å². The molecular weight excluding hydrogens is 292 g/mol. The molecule has 4 heteroatoms. The van der Waals surface area contributed by atoms with Crippen LogP contribution < -0.4 is 11.1 Å². The average molecular weight is 313 g/mol. The highest BCUT2D eigenvalue weighted by Gasteiger charge is 2.27. The summed E-state index contributed by atoms with van der Waals surface area (Å²) in [5.74, 6) is 0.0421. The van der Waals surface area contributed by atoms with Gasteiger partial charge in [0.05, 0.1) is 6.04 Å². The van der Waals surface area contributed by atoms with E-state index in [0.29, 0.717) is 13.0 Å². The second-order valence-electron chi connectivity index (χ2n) is 5.17. The lowest BCUT2D eigenvalue weighted by atomic mass is 9.88. The summed E-state index contributed by atoms with van der Waals surface area (Å²) in [6.07, 6.45) is 0.685. The quantitative estimate of drug-likeness (QED) is 0.878. The largest absolute Gasteiger partial charge is 0.349 e. The SMILES string of the molecule is C[C@@H](NC(=O)C(C)(C)CCN)c1cccc(Br)c1. The first-order valence-corrected chi connectivity index (χ1v) is 6.92. The maximum absolute atomic E-state index is 12.1. The molecule has 0 bridgehead atoms. The Morgan fingerprint density at radius 1 is 1.50 bits per heavy atom. The van der Waals surface area contributed by atoms with Gasteiger partial charge in [0, 0.05) is 9.89 Å². The number of nitrogens with two attached hydrogens (primary N) is 1. The van der Waals surface area contributed by atoms with Crippen LogP contribution in [0.25, 0.3) is 0 Å². The predicted octanol–water partition coefficient (Wildman–Crippen LogP) is 3.00. The maximum Gasteiger partial charge on any atom is 0.226 e. The summed E-state index contributed by atoms with van der Waals surface area (Å²) in [5, 5.41) is 3.03. The molecule has 0 aliphatic rings. The number of amides is 1. The van der Waals surface area contributed by atoms with Gasteiger partial charge in [0.15, 0.2) is 0 Å². The molecule has 1 atom stereocenters. The minimum atomic E-state index is -0.422. The molecular formula is C14H21BrN2O. The minimum Gasteiger partial charge on any atom is -0.349 e. The molecule has 3 N–H and O–H groups in total. The Morgan fingerprint density at radius 3 is 2.72 bits per heavy atom. The Balaban J connectivity index is 2.70. The molecule has 0 aliphatic heterocycles. The monoisotopic (exact) mass is 312 g/mol. The first kappa shape index (κ1) is 15.2. The average Bonchev–Trinajstić information content (AvgIpc) is 2.28. The molecule has 0 heterocycles. The lowest BCUT2D eigenvalue weighted by Gasteiger charge is -2.25. The van der Waals surface area contributed by atoms with E-state index in [-0.39, 0.29) is 11.9 Å². The number of benzene rings is 1. The van der Waals surface area contributed by atoms with Gasteiger partial charge in [0.1, 0.15) is 0 Å². The highest BCUT2D eigenvalue weighted by atomic mass is 79.9. The fourth-order valence-electron chi connectivity index (χ4n) is 1.73. The highest BCUT2D eigenvalue weighted by Crippen LogP contribution is 2.23. The zero-order valence-corrected chi connectivity index (χ0v) is 12.8. The van der Waals surface area contributed by atoms with Gasteiger partial charge in [-0.25, -0.2) is 0 Å². The molecule has 1 rings (SSSR count). The lowest BCUT2D eigenvalue weighted by molar-refractivity contribution is -0.130. The molecule has 100 valence electrons. The summed E-state index contributed by atoms with van der Waals surface area (Å²) in [6, 6.07) is 7.95. The Labute approximate surface area is 117 Å². The Kier molecular flexibility index (Phi) is 5.35. The van der Waals surface area contributed by atoms with Gasteiger partial charge in [-0.2, -0.15) is 0 Å². The third-order valence-electron chi connectivity index (χ3n) is 3.08. The molecule has 0 aliphatic carbocycles. The molecule has 0 saturated heterocycles. The van der Waals surface area contributed by atoms with Crippen molar-refractivity contribution in [3.63, 3.8) is 0 Å². The van der Waals surface area contributed by atoms with Crippen LogP contribution in [0.15, 0.2) is 28.7 Å². The number of carbonyl (C=O) groups excluding carboxylic acids is 1. The molecule has 3 nitrogen and oxygen atoms in total. The van der Waals surface area contributed by atoms with Crippen molar-refractivity contribution in [3.8, 4) is 0 Å². The van der Waals surface area contributed by atoms with Crippen LogP contribution >= 0.6 is 15.9 Å². The van der Waals surface area contributed by atoms with E-state index in [1.54, 1.807) is 0 Å². The van der Waals surface area contributed by atoms with Crippen molar-refractivity contribution >= 4 is 21.8 Å². The van der Waals surface area contributed by atoms with Gasteiger partial charge in [0.2, 0.25) is 5.91 Å². The summed E-state index contributed by atoms with van der Waals surface area (Å²) in [5.41, 5.74) is 6.19. The first-order chi connectivity index (χ1) is 8.36. The van der Waals surface area contributed by atoms with E-state index in [2.05, 4.69) is 21.2 Å². The van der Waals surface area contributed by atoms with Crippen molar-refractivity contribution in [1.29, 1.82) is 0 Å². The maximum atomic E-state index is 12.1. The van der Waals surface area contributed by atoms with E-state index < -0.39 is 5.41 Å². The molecule has 0 unspecified atom stereocenters. The van der Waals surface area contributed by atoms with Gasteiger partial charge in [0.25, 0.3) is 0 Å². The molecule has 1 amide bonds. The van der Waals surface area contributed by atoms with E-state index in [0.717, 1.165) is 10.0 Å². The summed E-state index contributed by atoms with van der Waals surface area (Å²) >= 11 is 3.43. The number of carbonyl (C=O) groups is 1. The number of rotatable bonds is 5. The molecule has 0 fully saturated rings. The zero-order valence-electron chi connectivity index (χ0n) is 11.2. The van der Waals surface area contributed by atoms with Crippen LogP contribution in [0.2, 0.25) is 0 Å². The zero-order chi connectivity index (χ0) is 13.8. The van der Waals surface area contributed by atoms with Crippen LogP contribution in [0.5, 0.6) is 0 Å². The van der Waals surface area contributed by atoms with Crippen LogP contribution in [-0.2, 0) is 4.79 Å². The second kappa shape index (κ2) is 6.34. The molecule has 18 heavy (non-hydrogen) atoms. The smallest absolute Gasteiger partial charge is 0.226 e. The van der Waals surface area contributed by atoms with Crippen LogP contribution in [0.3, 0.4) is 0 Å². The van der Waals surface area contributed by atoms with Gasteiger partial charge in [-0.3, -0.25) is 4.79 Å². The van der Waals surface area contributed by atoms with E-state index >= 15 is 0 Å². The fourth-order valence-corrected chi connectivity index (χ4v) is 2.14. The van der Waals surface area contributed by atoms with Gasteiger partial charge in [-0.15, -0.1) is 0 Å². The van der Waals surface area contributed by atoms with E-state index in [1.807, 2.05) is 45.0 Å². The Bertz CT molecular complexity index is 418. The van der Waals surface area contributed by atoms with Gasteiger partial charge in [-0.1, -0.05) is 41.9 Å². The van der Waals surface area contributed by atoms with Crippen molar-refractivity contribution in [1.82, 2.24) is 5.32 Å². The van der Waals surface area contributed by atoms with Gasteiger partial charge < -0.3 is 11.1 Å². The standard InChI is InChI=1S/C14H21BrN2O/c1-10(11-5-4-6-12(15)9-11)17-13(18)14(2,3)7-8-16/h4-6,9-10H,7-8,16H2,1-3H3,(H,17,18)/t10-/m1/s1. The number of nitrogens with one attached hydrogen (secondary N) is 1. The van der Waals surface area contributed by atoms with E-state index in [4.69, 9.17) is 5.73 Å². The van der Waals surface area contributed by atoms with Crippen molar-refractivity contribution in [2.45, 2.75) is 33.2 Å². The topological polar surface area (TPSA) is 55.1 Å². The van der Waals surface area contributed by atoms with Crippen LogP contribution in [0.1, 0.15) is 38.8 Å². The lowest BCUT2D eigenvalue weighted by Crippen LogP contribution is -2.39. The van der Waals surface area contributed by atoms with Crippen LogP contribution in [-0.4, -0.2) is 12.5 Å². The summed E-state index contributed by atoms with van der Waals surface area (Å²) < 4.78 is 1.02. The number of hydrogen-bond donors (Lipinski definition) is 2. The van der Waals surface area contributed by atoms with Crippen LogP contribution in [0.4, 0.5) is 0 Å². The minimum absolute atomic E-state index is 0.00736. The van der Waals surface area contributed by atoms with Gasteiger partial charge in [-0.05, 0) is 37.6 Å². The highest BCUT2D eigenvalue weighted by molar-refractivity contribution is 9.10. The van der Waals surface area contributed by atoms with Crippen molar-refractivity contribution < 1.29 is 4.79 Å². The van der Waals surface area contributed by atoms with Crippen LogP contribution in [0, 0.1) is 5.41 Å². The second-order valence-corrected chi connectivity index (χ2v) is 6.09. The van der Waals surface area contributed by atoms with E-state index in [9.17, 15) is 4.79 Å². The molecule has 0 saturated carbocycles. The normalized spacial score (nSPS) is 13.2. The summed E-state index contributed by atoms with van der Waals surface area (Å²) in [6.45, 7) is 6.34. The molecule has 0 spiro atoms. The molecule has 0 radical (unpaired) electrons. The fraction of sp³-hybridized carbons (Fsp3) is 0.500. The molecule has 1 aromatic rings. The van der Waals surface area contributed by atoms with Crippen molar-refractivity contribution in [3.05, 3.63) is 34.3 Å². The third kappa shape index (κ3) is 4.10. The predicted molar refractivity (Wildman–Crippen MR) is 78.2 cm³/mol. The number of hydrogen-bond acceptors (Lipinski definition) is 2. The Morgan fingerprint density at radius 2 is 2.17 bits per heavy atom. The number of halogens is 1. The summed E-state index contributed by atoms with van der Waals surface area (Å²) in [4.78, 5) is 12.1.